The smallest absolute Gasteiger partial charge is 0.349 e. The molecule has 0 aliphatic heterocycles. The van der Waals surface area contributed by atoms with Crippen LogP contribution in [-0.2, 0) is 20.8 Å². The van der Waals surface area contributed by atoms with Crippen molar-refractivity contribution in [2.45, 2.75) is 33.4 Å². The molecule has 132 valence electrons. The van der Waals surface area contributed by atoms with E-state index in [1.54, 1.807) is 19.3 Å². The molecule has 0 aromatic carbocycles. The highest BCUT2D eigenvalue weighted by Crippen LogP contribution is 2.20. The van der Waals surface area contributed by atoms with Gasteiger partial charge in [0.15, 0.2) is 0 Å². The van der Waals surface area contributed by atoms with E-state index in [4.69, 9.17) is 13.9 Å². The van der Waals surface area contributed by atoms with Gasteiger partial charge >= 0.3 is 5.97 Å². The average Bonchev–Trinajstić information content (AvgIpc) is 3.16. The third kappa shape index (κ3) is 4.61. The Morgan fingerprint density at radius 3 is 2.84 bits per heavy atom. The first-order chi connectivity index (χ1) is 12.0. The predicted molar refractivity (Wildman–Crippen MR) is 92.7 cm³/mol. The Labute approximate surface area is 147 Å². The SMILES string of the molecule is COC[C@@H](C)OC(=O)/C(C#N)=C/c1cc(C)n(Cc2ccco2)c1C. The number of nitrogens with zero attached hydrogens (tertiary/aromatic N) is 2. The molecular weight excluding hydrogens is 320 g/mol. The van der Waals surface area contributed by atoms with Crippen LogP contribution in [0.4, 0.5) is 0 Å². The molecule has 2 heterocycles. The Morgan fingerprint density at radius 2 is 2.24 bits per heavy atom. The summed E-state index contributed by atoms with van der Waals surface area (Å²) in [6.45, 7) is 6.50. The maximum Gasteiger partial charge on any atom is 0.349 e. The second-order valence-electron chi connectivity index (χ2n) is 5.83. The molecule has 2 aromatic rings. The summed E-state index contributed by atoms with van der Waals surface area (Å²) >= 11 is 0. The number of rotatable bonds is 7. The van der Waals surface area contributed by atoms with E-state index >= 15 is 0 Å². The number of nitriles is 1. The summed E-state index contributed by atoms with van der Waals surface area (Å²) in [5, 5.41) is 9.30. The molecule has 6 nitrogen and oxygen atoms in total. The fraction of sp³-hybridized carbons (Fsp3) is 0.368. The van der Waals surface area contributed by atoms with Crippen LogP contribution in [0.5, 0.6) is 0 Å². The number of hydrogen-bond donors (Lipinski definition) is 0. The minimum Gasteiger partial charge on any atom is -0.467 e. The molecule has 2 aromatic heterocycles. The maximum absolute atomic E-state index is 12.1. The van der Waals surface area contributed by atoms with Gasteiger partial charge in [-0.1, -0.05) is 0 Å². The lowest BCUT2D eigenvalue weighted by Gasteiger charge is -2.11. The first kappa shape index (κ1) is 18.6. The number of hydrogen-bond acceptors (Lipinski definition) is 5. The zero-order valence-corrected chi connectivity index (χ0v) is 14.9. The molecule has 0 saturated heterocycles. The minimum absolute atomic E-state index is 0.0406. The van der Waals surface area contributed by atoms with Crippen LogP contribution in [0.2, 0.25) is 0 Å². The Hall–Kier alpha value is -2.78. The molecule has 0 unspecified atom stereocenters. The average molecular weight is 342 g/mol. The lowest BCUT2D eigenvalue weighted by atomic mass is 10.1. The van der Waals surface area contributed by atoms with Crippen molar-refractivity contribution in [2.75, 3.05) is 13.7 Å². The van der Waals surface area contributed by atoms with Gasteiger partial charge in [0, 0.05) is 18.5 Å². The first-order valence-electron chi connectivity index (χ1n) is 7.97. The Balaban J connectivity index is 2.23. The monoisotopic (exact) mass is 342 g/mol. The summed E-state index contributed by atoms with van der Waals surface area (Å²) in [7, 11) is 1.53. The van der Waals surface area contributed by atoms with Crippen LogP contribution in [0.25, 0.3) is 6.08 Å². The molecule has 0 amide bonds. The number of esters is 1. The van der Waals surface area contributed by atoms with Crippen molar-refractivity contribution >= 4 is 12.0 Å². The van der Waals surface area contributed by atoms with Gasteiger partial charge in [-0.05, 0) is 50.6 Å². The fourth-order valence-corrected chi connectivity index (χ4v) is 2.58. The molecule has 0 aliphatic rings. The lowest BCUT2D eigenvalue weighted by molar-refractivity contribution is -0.145. The van der Waals surface area contributed by atoms with E-state index in [1.165, 1.54) is 7.11 Å². The van der Waals surface area contributed by atoms with E-state index in [-0.39, 0.29) is 12.2 Å². The van der Waals surface area contributed by atoms with Crippen molar-refractivity contribution in [1.29, 1.82) is 5.26 Å². The van der Waals surface area contributed by atoms with Crippen LogP contribution < -0.4 is 0 Å². The van der Waals surface area contributed by atoms with Gasteiger partial charge in [0.05, 0.1) is 19.4 Å². The molecule has 25 heavy (non-hydrogen) atoms. The summed E-state index contributed by atoms with van der Waals surface area (Å²) in [4.78, 5) is 12.1. The molecule has 2 rings (SSSR count). The van der Waals surface area contributed by atoms with Gasteiger partial charge in [-0.15, -0.1) is 0 Å². The third-order valence-electron chi connectivity index (χ3n) is 3.86. The predicted octanol–water partition coefficient (Wildman–Crippen LogP) is 3.23. The highest BCUT2D eigenvalue weighted by Gasteiger charge is 2.17. The first-order valence-corrected chi connectivity index (χ1v) is 7.97. The van der Waals surface area contributed by atoms with E-state index < -0.39 is 12.1 Å². The largest absolute Gasteiger partial charge is 0.467 e. The molecule has 6 heteroatoms. The fourth-order valence-electron chi connectivity index (χ4n) is 2.58. The van der Waals surface area contributed by atoms with E-state index in [9.17, 15) is 10.1 Å². The van der Waals surface area contributed by atoms with Gasteiger partial charge in [-0.25, -0.2) is 4.79 Å². The number of aromatic nitrogens is 1. The van der Waals surface area contributed by atoms with Gasteiger partial charge in [-0.2, -0.15) is 5.26 Å². The Bertz CT molecular complexity index is 794. The molecule has 0 radical (unpaired) electrons. The number of methoxy groups -OCH3 is 1. The topological polar surface area (TPSA) is 77.4 Å². The van der Waals surface area contributed by atoms with E-state index in [1.807, 2.05) is 38.1 Å². The molecule has 0 saturated carbocycles. The van der Waals surface area contributed by atoms with E-state index in [0.29, 0.717) is 6.54 Å². The molecule has 1 atom stereocenters. The van der Waals surface area contributed by atoms with Gasteiger partial charge < -0.3 is 18.5 Å². The van der Waals surface area contributed by atoms with Crippen molar-refractivity contribution < 1.29 is 18.7 Å². The maximum atomic E-state index is 12.1. The number of carbonyl (C=O) groups excluding carboxylic acids is 1. The zero-order chi connectivity index (χ0) is 18.4. The van der Waals surface area contributed by atoms with Gasteiger partial charge in [0.1, 0.15) is 23.5 Å². The zero-order valence-electron chi connectivity index (χ0n) is 14.9. The van der Waals surface area contributed by atoms with E-state index in [0.717, 1.165) is 22.7 Å². The quantitative estimate of drug-likeness (QED) is 0.438. The van der Waals surface area contributed by atoms with Crippen molar-refractivity contribution in [1.82, 2.24) is 4.57 Å². The highest BCUT2D eigenvalue weighted by molar-refractivity contribution is 5.98. The number of aryl methyl sites for hydroxylation is 1. The number of ether oxygens (including phenoxy) is 2. The molecule has 0 bridgehead atoms. The van der Waals surface area contributed by atoms with Crippen LogP contribution in [0.3, 0.4) is 0 Å². The standard InChI is InChI=1S/C19H22N2O4/c1-13-8-16(15(3)21(13)11-18-6-5-7-24-18)9-17(10-20)19(22)25-14(2)12-23-4/h5-9,14H,11-12H2,1-4H3/b17-9+/t14-/m1/s1. The van der Waals surface area contributed by atoms with Crippen molar-refractivity contribution in [3.63, 3.8) is 0 Å². The van der Waals surface area contributed by atoms with Crippen LogP contribution in [0.1, 0.15) is 29.6 Å². The van der Waals surface area contributed by atoms with Crippen molar-refractivity contribution in [2.24, 2.45) is 0 Å². The van der Waals surface area contributed by atoms with Crippen LogP contribution >= 0.6 is 0 Å². The second kappa shape index (κ2) is 8.36. The van der Waals surface area contributed by atoms with Crippen LogP contribution in [-0.4, -0.2) is 30.4 Å². The normalized spacial score (nSPS) is 12.7. The Kier molecular flexibility index (Phi) is 6.20. The third-order valence-corrected chi connectivity index (χ3v) is 3.86. The van der Waals surface area contributed by atoms with Crippen molar-refractivity contribution in [3.05, 3.63) is 52.7 Å². The number of carbonyl (C=O) groups is 1. The van der Waals surface area contributed by atoms with E-state index in [2.05, 4.69) is 4.57 Å². The van der Waals surface area contributed by atoms with Gasteiger partial charge in [0.2, 0.25) is 0 Å². The van der Waals surface area contributed by atoms with Crippen LogP contribution in [0, 0.1) is 25.2 Å². The lowest BCUT2D eigenvalue weighted by Crippen LogP contribution is -2.20. The molecular formula is C19H22N2O4. The van der Waals surface area contributed by atoms with Gasteiger partial charge in [-0.3, -0.25) is 0 Å². The summed E-state index contributed by atoms with van der Waals surface area (Å²) in [5.41, 5.74) is 2.72. The summed E-state index contributed by atoms with van der Waals surface area (Å²) in [5.74, 6) is 0.188. The summed E-state index contributed by atoms with van der Waals surface area (Å²) < 4.78 is 17.6. The molecule has 0 aliphatic carbocycles. The number of furan rings is 1. The van der Waals surface area contributed by atoms with Crippen molar-refractivity contribution in [3.8, 4) is 6.07 Å². The minimum atomic E-state index is -0.650. The second-order valence-corrected chi connectivity index (χ2v) is 5.83. The highest BCUT2D eigenvalue weighted by atomic mass is 16.6. The summed E-state index contributed by atoms with van der Waals surface area (Å²) in [6, 6.07) is 7.60. The Morgan fingerprint density at radius 1 is 1.48 bits per heavy atom. The van der Waals surface area contributed by atoms with Gasteiger partial charge in [0.25, 0.3) is 0 Å². The molecule has 0 fully saturated rings. The molecule has 0 spiro atoms. The van der Waals surface area contributed by atoms with Crippen LogP contribution in [0.15, 0.2) is 34.5 Å². The molecule has 0 N–H and O–H groups in total. The summed E-state index contributed by atoms with van der Waals surface area (Å²) in [6.07, 6.45) is 2.78.